The van der Waals surface area contributed by atoms with Crippen LogP contribution in [0.15, 0.2) is 47.6 Å². The van der Waals surface area contributed by atoms with Gasteiger partial charge in [-0.2, -0.15) is 0 Å². The van der Waals surface area contributed by atoms with Gasteiger partial charge in [-0.3, -0.25) is 14.8 Å². The summed E-state index contributed by atoms with van der Waals surface area (Å²) in [7, 11) is 0.324. The first-order chi connectivity index (χ1) is 11.8. The Bertz CT molecular complexity index is 902. The number of likely N-dealkylation sites (N-methyl/N-ethyl adjacent to an activating group) is 1. The van der Waals surface area contributed by atoms with Gasteiger partial charge in [-0.1, -0.05) is 31.6 Å². The molecule has 25 heavy (non-hydrogen) atoms. The third-order valence-corrected chi connectivity index (χ3v) is 4.72. The van der Waals surface area contributed by atoms with Crippen molar-refractivity contribution < 1.29 is 4.79 Å². The Kier molecular flexibility index (Phi) is 4.56. The number of fused-ring (bicyclic) bond motifs is 1. The molecule has 0 atom stereocenters. The Morgan fingerprint density at radius 1 is 1.16 bits per heavy atom. The summed E-state index contributed by atoms with van der Waals surface area (Å²) >= 11 is 0. The summed E-state index contributed by atoms with van der Waals surface area (Å²) in [4.78, 5) is 22.9. The highest BCUT2D eigenvalue weighted by Gasteiger charge is 2.23. The van der Waals surface area contributed by atoms with Gasteiger partial charge in [0.1, 0.15) is 14.6 Å². The van der Waals surface area contributed by atoms with E-state index in [-0.39, 0.29) is 12.5 Å². The molecule has 0 radical (unpaired) electrons. The van der Waals surface area contributed by atoms with Crippen LogP contribution in [-0.2, 0) is 4.79 Å². The van der Waals surface area contributed by atoms with Crippen LogP contribution in [-0.4, -0.2) is 38.3 Å². The van der Waals surface area contributed by atoms with Crippen molar-refractivity contribution in [3.8, 4) is 11.5 Å². The molecule has 2 aromatic rings. The van der Waals surface area contributed by atoms with Crippen LogP contribution in [0, 0.1) is 11.5 Å². The summed E-state index contributed by atoms with van der Waals surface area (Å²) in [5, 5.41) is 0. The molecule has 5 heteroatoms. The number of benzene rings is 1. The van der Waals surface area contributed by atoms with Crippen molar-refractivity contribution in [2.24, 2.45) is 4.99 Å². The fourth-order valence-corrected chi connectivity index (χ4v) is 3.07. The Morgan fingerprint density at radius 3 is 2.64 bits per heavy atom. The van der Waals surface area contributed by atoms with E-state index in [0.29, 0.717) is 0 Å². The Hall–Kier alpha value is -2.71. The standard InChI is InChI=1S/C20H21N3OSi/c1-23-18-9-8-15(10-12-25(2,3)4)13-16(18)20(22-14-19(23)24)17-7-5-6-11-21-17/h5-9,11,13H,14H2,1-4H3. The second kappa shape index (κ2) is 6.65. The van der Waals surface area contributed by atoms with Crippen LogP contribution in [0.3, 0.4) is 0 Å². The zero-order valence-electron chi connectivity index (χ0n) is 15.0. The molecule has 1 aliphatic rings. The van der Waals surface area contributed by atoms with Gasteiger partial charge in [-0.15, -0.1) is 5.54 Å². The fraction of sp³-hybridized carbons (Fsp3) is 0.250. The minimum Gasteiger partial charge on any atom is -0.313 e. The van der Waals surface area contributed by atoms with Gasteiger partial charge in [0.15, 0.2) is 0 Å². The monoisotopic (exact) mass is 347 g/mol. The third-order valence-electron chi connectivity index (χ3n) is 3.85. The van der Waals surface area contributed by atoms with Crippen molar-refractivity contribution in [1.29, 1.82) is 0 Å². The summed E-state index contributed by atoms with van der Waals surface area (Å²) in [6, 6.07) is 11.6. The van der Waals surface area contributed by atoms with Gasteiger partial charge in [0.2, 0.25) is 5.91 Å². The average molecular weight is 347 g/mol. The van der Waals surface area contributed by atoms with E-state index in [2.05, 4.69) is 41.1 Å². The second-order valence-electron chi connectivity index (χ2n) is 7.06. The van der Waals surface area contributed by atoms with E-state index in [1.54, 1.807) is 18.1 Å². The number of carbonyl (C=O) groups is 1. The van der Waals surface area contributed by atoms with Gasteiger partial charge in [0.25, 0.3) is 0 Å². The van der Waals surface area contributed by atoms with Crippen LogP contribution < -0.4 is 4.90 Å². The first kappa shape index (κ1) is 17.1. The normalized spacial score (nSPS) is 14.2. The lowest BCUT2D eigenvalue weighted by Crippen LogP contribution is -2.27. The minimum absolute atomic E-state index is 0.0342. The van der Waals surface area contributed by atoms with E-state index in [0.717, 1.165) is 28.2 Å². The molecule has 1 aliphatic heterocycles. The number of anilines is 1. The lowest BCUT2D eigenvalue weighted by Gasteiger charge is -2.18. The molecule has 0 saturated carbocycles. The molecule has 0 saturated heterocycles. The van der Waals surface area contributed by atoms with Crippen molar-refractivity contribution in [3.05, 3.63) is 59.4 Å². The lowest BCUT2D eigenvalue weighted by molar-refractivity contribution is -0.116. The van der Waals surface area contributed by atoms with Crippen LogP contribution in [0.2, 0.25) is 19.6 Å². The van der Waals surface area contributed by atoms with Gasteiger partial charge in [0, 0.05) is 24.4 Å². The van der Waals surface area contributed by atoms with E-state index in [9.17, 15) is 4.79 Å². The SMILES string of the molecule is CN1C(=O)CN=C(c2ccccn2)c2cc(C#C[Si](C)(C)C)ccc21. The van der Waals surface area contributed by atoms with Gasteiger partial charge in [-0.25, -0.2) is 0 Å². The van der Waals surface area contributed by atoms with Crippen LogP contribution >= 0.6 is 0 Å². The van der Waals surface area contributed by atoms with E-state index in [1.165, 1.54) is 0 Å². The summed E-state index contributed by atoms with van der Waals surface area (Å²) < 4.78 is 0. The molecule has 4 nitrogen and oxygen atoms in total. The van der Waals surface area contributed by atoms with Crippen LogP contribution in [0.5, 0.6) is 0 Å². The highest BCUT2D eigenvalue weighted by Crippen LogP contribution is 2.26. The molecule has 1 amide bonds. The molecular weight excluding hydrogens is 326 g/mol. The molecule has 0 N–H and O–H groups in total. The molecule has 0 spiro atoms. The van der Waals surface area contributed by atoms with Crippen LogP contribution in [0.1, 0.15) is 16.8 Å². The number of hydrogen-bond acceptors (Lipinski definition) is 3. The van der Waals surface area contributed by atoms with Gasteiger partial charge >= 0.3 is 0 Å². The second-order valence-corrected chi connectivity index (χ2v) is 11.8. The summed E-state index contributed by atoms with van der Waals surface area (Å²) in [6.45, 7) is 6.77. The van der Waals surface area contributed by atoms with Crippen molar-refractivity contribution >= 4 is 25.4 Å². The quantitative estimate of drug-likeness (QED) is 0.588. The summed E-state index contributed by atoms with van der Waals surface area (Å²) in [5.41, 5.74) is 7.57. The number of benzodiazepines with no additional fused rings is 1. The first-order valence-corrected chi connectivity index (χ1v) is 11.8. The molecule has 0 aliphatic carbocycles. The van der Waals surface area contributed by atoms with Crippen molar-refractivity contribution in [2.45, 2.75) is 19.6 Å². The third kappa shape index (κ3) is 3.86. The highest BCUT2D eigenvalue weighted by atomic mass is 28.3. The maximum atomic E-state index is 12.3. The first-order valence-electron chi connectivity index (χ1n) is 8.25. The van der Waals surface area contributed by atoms with Crippen LogP contribution in [0.4, 0.5) is 5.69 Å². The van der Waals surface area contributed by atoms with E-state index in [1.807, 2.05) is 36.4 Å². The number of amides is 1. The largest absolute Gasteiger partial charge is 0.313 e. The number of aliphatic imine (C=N–C) groups is 1. The Labute approximate surface area is 149 Å². The van der Waals surface area contributed by atoms with Crippen LogP contribution in [0.25, 0.3) is 0 Å². The average Bonchev–Trinajstić information content (AvgIpc) is 2.71. The van der Waals surface area contributed by atoms with Gasteiger partial charge in [0.05, 0.1) is 17.1 Å². The zero-order chi connectivity index (χ0) is 18.0. The summed E-state index contributed by atoms with van der Waals surface area (Å²) in [6.07, 6.45) is 1.74. The number of hydrogen-bond donors (Lipinski definition) is 0. The predicted octanol–water partition coefficient (Wildman–Crippen LogP) is 3.12. The van der Waals surface area contributed by atoms with Crippen molar-refractivity contribution in [1.82, 2.24) is 4.98 Å². The summed E-state index contributed by atoms with van der Waals surface area (Å²) in [5.74, 6) is 3.25. The molecule has 0 bridgehead atoms. The zero-order valence-corrected chi connectivity index (χ0v) is 16.0. The number of pyridine rings is 1. The molecule has 0 unspecified atom stereocenters. The smallest absolute Gasteiger partial charge is 0.248 e. The number of carbonyl (C=O) groups excluding carboxylic acids is 1. The number of aromatic nitrogens is 1. The molecule has 2 heterocycles. The Balaban J connectivity index is 2.16. The fourth-order valence-electron chi connectivity index (χ4n) is 2.55. The van der Waals surface area contributed by atoms with E-state index < -0.39 is 8.07 Å². The Morgan fingerprint density at radius 2 is 1.96 bits per heavy atom. The molecule has 3 rings (SSSR count). The minimum atomic E-state index is -1.46. The molecule has 0 fully saturated rings. The number of nitrogens with zero attached hydrogens (tertiary/aromatic N) is 3. The lowest BCUT2D eigenvalue weighted by atomic mass is 10.0. The highest BCUT2D eigenvalue weighted by molar-refractivity contribution is 6.83. The molecular formula is C20H21N3OSi. The maximum absolute atomic E-state index is 12.3. The van der Waals surface area contributed by atoms with Crippen molar-refractivity contribution in [3.63, 3.8) is 0 Å². The molecule has 1 aromatic heterocycles. The maximum Gasteiger partial charge on any atom is 0.248 e. The van der Waals surface area contributed by atoms with Gasteiger partial charge in [-0.05, 0) is 30.3 Å². The number of rotatable bonds is 1. The van der Waals surface area contributed by atoms with Crippen molar-refractivity contribution in [2.75, 3.05) is 18.5 Å². The predicted molar refractivity (Wildman–Crippen MR) is 105 cm³/mol. The molecule has 1 aromatic carbocycles. The van der Waals surface area contributed by atoms with E-state index >= 15 is 0 Å². The topological polar surface area (TPSA) is 45.6 Å². The van der Waals surface area contributed by atoms with E-state index in [4.69, 9.17) is 0 Å². The van der Waals surface area contributed by atoms with Gasteiger partial charge < -0.3 is 4.90 Å². The molecule has 126 valence electrons.